The molecule has 1 N–H and O–H groups in total. The summed E-state index contributed by atoms with van der Waals surface area (Å²) in [5, 5.41) is 2.98. The third kappa shape index (κ3) is 3.71. The van der Waals surface area contributed by atoms with Gasteiger partial charge in [-0.2, -0.15) is 0 Å². The van der Waals surface area contributed by atoms with Crippen LogP contribution in [-0.2, 0) is 29.1 Å². The second-order valence-corrected chi connectivity index (χ2v) is 6.64. The molecule has 2 aliphatic rings. The maximum absolute atomic E-state index is 13.7. The molecule has 0 spiro atoms. The van der Waals surface area contributed by atoms with Gasteiger partial charge in [0.2, 0.25) is 5.91 Å². The summed E-state index contributed by atoms with van der Waals surface area (Å²) in [6.07, 6.45) is 1.80. The highest BCUT2D eigenvalue weighted by molar-refractivity contribution is 5.80. The second kappa shape index (κ2) is 7.05. The summed E-state index contributed by atoms with van der Waals surface area (Å²) in [6, 6.07) is 2.81. The standard InChI is InChI=1S/C18H20FN3O4/c1-11-20-5-16(26-11)8-22-6-15(7-22)21-17(23)4-12-2-14(19)3-13-9-24-10-25-18(12)13/h2-3,5,15H,4,6-10H2,1H3,(H,21,23). The number of rotatable bonds is 5. The second-order valence-electron chi connectivity index (χ2n) is 6.64. The quantitative estimate of drug-likeness (QED) is 0.870. The van der Waals surface area contributed by atoms with Gasteiger partial charge in [0, 0.05) is 31.1 Å². The number of aromatic nitrogens is 1. The van der Waals surface area contributed by atoms with Gasteiger partial charge >= 0.3 is 0 Å². The molecule has 26 heavy (non-hydrogen) atoms. The van der Waals surface area contributed by atoms with E-state index in [1.165, 1.54) is 12.1 Å². The van der Waals surface area contributed by atoms with Crippen LogP contribution in [0.4, 0.5) is 4.39 Å². The molecule has 0 atom stereocenters. The van der Waals surface area contributed by atoms with E-state index in [-0.39, 0.29) is 25.2 Å². The first-order valence-electron chi connectivity index (χ1n) is 8.51. The van der Waals surface area contributed by atoms with Gasteiger partial charge in [-0.05, 0) is 12.1 Å². The van der Waals surface area contributed by atoms with Gasteiger partial charge in [-0.15, -0.1) is 0 Å². The monoisotopic (exact) mass is 361 g/mol. The molecular weight excluding hydrogens is 341 g/mol. The maximum Gasteiger partial charge on any atom is 0.224 e. The molecule has 2 aromatic rings. The summed E-state index contributed by atoms with van der Waals surface area (Å²) in [5.41, 5.74) is 1.19. The van der Waals surface area contributed by atoms with E-state index in [9.17, 15) is 9.18 Å². The summed E-state index contributed by atoms with van der Waals surface area (Å²) in [4.78, 5) is 18.5. The molecule has 0 aliphatic carbocycles. The van der Waals surface area contributed by atoms with E-state index < -0.39 is 5.82 Å². The summed E-state index contributed by atoms with van der Waals surface area (Å²) in [7, 11) is 0. The summed E-state index contributed by atoms with van der Waals surface area (Å²) in [6.45, 7) is 4.39. The van der Waals surface area contributed by atoms with Gasteiger partial charge in [-0.1, -0.05) is 0 Å². The van der Waals surface area contributed by atoms with E-state index in [0.29, 0.717) is 35.9 Å². The Kier molecular flexibility index (Phi) is 4.60. The number of carbonyl (C=O) groups is 1. The van der Waals surface area contributed by atoms with Crippen molar-refractivity contribution in [2.75, 3.05) is 19.9 Å². The molecule has 8 heteroatoms. The van der Waals surface area contributed by atoms with E-state index in [1.54, 1.807) is 6.20 Å². The van der Waals surface area contributed by atoms with Crippen molar-refractivity contribution in [3.05, 3.63) is 46.9 Å². The van der Waals surface area contributed by atoms with Crippen molar-refractivity contribution in [2.24, 2.45) is 0 Å². The number of halogens is 1. The molecule has 7 nitrogen and oxygen atoms in total. The van der Waals surface area contributed by atoms with Crippen LogP contribution in [0.3, 0.4) is 0 Å². The largest absolute Gasteiger partial charge is 0.467 e. The van der Waals surface area contributed by atoms with Crippen LogP contribution in [0.15, 0.2) is 22.7 Å². The number of fused-ring (bicyclic) bond motifs is 1. The number of nitrogens with one attached hydrogen (secondary N) is 1. The lowest BCUT2D eigenvalue weighted by Crippen LogP contribution is -2.58. The minimum Gasteiger partial charge on any atom is -0.467 e. The molecule has 0 radical (unpaired) electrons. The number of benzene rings is 1. The molecule has 1 aromatic carbocycles. The Morgan fingerprint density at radius 2 is 2.27 bits per heavy atom. The number of ether oxygens (including phenoxy) is 2. The predicted molar refractivity (Wildman–Crippen MR) is 88.8 cm³/mol. The van der Waals surface area contributed by atoms with Crippen molar-refractivity contribution >= 4 is 5.91 Å². The highest BCUT2D eigenvalue weighted by atomic mass is 19.1. The Hall–Kier alpha value is -2.45. The molecule has 1 saturated heterocycles. The van der Waals surface area contributed by atoms with Crippen molar-refractivity contribution < 1.29 is 23.1 Å². The first kappa shape index (κ1) is 17.0. The van der Waals surface area contributed by atoms with Gasteiger partial charge in [0.15, 0.2) is 12.7 Å². The van der Waals surface area contributed by atoms with E-state index in [1.807, 2.05) is 6.92 Å². The Morgan fingerprint density at radius 3 is 3.04 bits per heavy atom. The number of nitrogens with zero attached hydrogens (tertiary/aromatic N) is 2. The normalized spacial score (nSPS) is 17.3. The summed E-state index contributed by atoms with van der Waals surface area (Å²) >= 11 is 0. The Balaban J connectivity index is 1.29. The minimum atomic E-state index is -0.391. The molecular formula is C18H20FN3O4. The molecule has 1 amide bonds. The molecule has 138 valence electrons. The molecule has 4 rings (SSSR count). The molecule has 0 saturated carbocycles. The van der Waals surface area contributed by atoms with Gasteiger partial charge in [0.1, 0.15) is 17.3 Å². The third-order valence-corrected chi connectivity index (χ3v) is 4.47. The topological polar surface area (TPSA) is 76.8 Å². The van der Waals surface area contributed by atoms with Crippen LogP contribution in [0.1, 0.15) is 22.8 Å². The van der Waals surface area contributed by atoms with Crippen LogP contribution in [0.2, 0.25) is 0 Å². The first-order chi connectivity index (χ1) is 12.6. The lowest BCUT2D eigenvalue weighted by atomic mass is 10.0. The maximum atomic E-state index is 13.7. The fraction of sp³-hybridized carbons (Fsp3) is 0.444. The fourth-order valence-electron chi connectivity index (χ4n) is 3.33. The zero-order valence-electron chi connectivity index (χ0n) is 14.5. The van der Waals surface area contributed by atoms with Crippen molar-refractivity contribution in [3.63, 3.8) is 0 Å². The number of likely N-dealkylation sites (tertiary alicyclic amines) is 1. The number of carbonyl (C=O) groups excluding carboxylic acids is 1. The van der Waals surface area contributed by atoms with Gasteiger partial charge in [0.25, 0.3) is 0 Å². The Morgan fingerprint density at radius 1 is 1.42 bits per heavy atom. The van der Waals surface area contributed by atoms with E-state index in [4.69, 9.17) is 13.9 Å². The van der Waals surface area contributed by atoms with Crippen LogP contribution >= 0.6 is 0 Å². The molecule has 0 unspecified atom stereocenters. The van der Waals surface area contributed by atoms with Gasteiger partial charge in [-0.25, -0.2) is 9.37 Å². The van der Waals surface area contributed by atoms with Crippen molar-refractivity contribution in [1.29, 1.82) is 0 Å². The average molecular weight is 361 g/mol. The molecule has 1 aromatic heterocycles. The van der Waals surface area contributed by atoms with Crippen LogP contribution in [0, 0.1) is 12.7 Å². The number of hydrogen-bond acceptors (Lipinski definition) is 6. The van der Waals surface area contributed by atoms with Crippen LogP contribution in [0.5, 0.6) is 5.75 Å². The predicted octanol–water partition coefficient (Wildman–Crippen LogP) is 1.53. The van der Waals surface area contributed by atoms with Gasteiger partial charge in [0.05, 0.1) is 31.8 Å². The number of amides is 1. The lowest BCUT2D eigenvalue weighted by molar-refractivity contribution is -0.122. The van der Waals surface area contributed by atoms with Gasteiger partial charge in [-0.3, -0.25) is 9.69 Å². The zero-order valence-corrected chi connectivity index (χ0v) is 14.5. The highest BCUT2D eigenvalue weighted by Crippen LogP contribution is 2.29. The third-order valence-electron chi connectivity index (χ3n) is 4.47. The lowest BCUT2D eigenvalue weighted by Gasteiger charge is -2.39. The number of aryl methyl sites for hydroxylation is 1. The summed E-state index contributed by atoms with van der Waals surface area (Å²) in [5.74, 6) is 1.49. The van der Waals surface area contributed by atoms with Crippen molar-refractivity contribution in [2.45, 2.75) is 32.5 Å². The molecule has 3 heterocycles. The Bertz CT molecular complexity index is 817. The fourth-order valence-corrected chi connectivity index (χ4v) is 3.33. The van der Waals surface area contributed by atoms with E-state index >= 15 is 0 Å². The molecule has 0 bridgehead atoms. The minimum absolute atomic E-state index is 0.0812. The van der Waals surface area contributed by atoms with Crippen molar-refractivity contribution in [3.8, 4) is 5.75 Å². The average Bonchev–Trinajstić information content (AvgIpc) is 2.98. The number of oxazole rings is 1. The van der Waals surface area contributed by atoms with Crippen molar-refractivity contribution in [1.82, 2.24) is 15.2 Å². The van der Waals surface area contributed by atoms with E-state index in [0.717, 1.165) is 18.8 Å². The van der Waals surface area contributed by atoms with Crippen LogP contribution in [-0.4, -0.2) is 41.7 Å². The SMILES string of the molecule is Cc1ncc(CN2CC(NC(=O)Cc3cc(F)cc4c3OCOC4)C2)o1. The zero-order chi connectivity index (χ0) is 18.1. The van der Waals surface area contributed by atoms with E-state index in [2.05, 4.69) is 15.2 Å². The number of hydrogen-bond donors (Lipinski definition) is 1. The summed E-state index contributed by atoms with van der Waals surface area (Å²) < 4.78 is 29.8. The molecule has 1 fully saturated rings. The first-order valence-corrected chi connectivity index (χ1v) is 8.51. The molecule has 2 aliphatic heterocycles. The smallest absolute Gasteiger partial charge is 0.224 e. The highest BCUT2D eigenvalue weighted by Gasteiger charge is 2.29. The Labute approximate surface area is 150 Å². The van der Waals surface area contributed by atoms with Crippen LogP contribution in [0.25, 0.3) is 0 Å². The van der Waals surface area contributed by atoms with Crippen LogP contribution < -0.4 is 10.1 Å². The van der Waals surface area contributed by atoms with Gasteiger partial charge < -0.3 is 19.2 Å².